The minimum Gasteiger partial charge on any atom is -0.493 e. The molecule has 2 heterocycles. The molecule has 7 heteroatoms. The zero-order valence-electron chi connectivity index (χ0n) is 19.1. The van der Waals surface area contributed by atoms with Crippen molar-refractivity contribution in [3.8, 4) is 16.9 Å². The standard InChI is InChI=1S/C27H27FN2O4/c1-2-34-25-10-6-18(16-27(32)33)15-22(25)20-8-9-24(28)21-12-14-30(17-23(20)21)26(31)11-7-19-5-3-4-13-29-19/h3-6,8-10,13,15H,2,7,11-12,14,16-17H2,1H3,(H,32,33). The summed E-state index contributed by atoms with van der Waals surface area (Å²) in [7, 11) is 0. The van der Waals surface area contributed by atoms with E-state index in [0.29, 0.717) is 54.9 Å². The summed E-state index contributed by atoms with van der Waals surface area (Å²) in [5.74, 6) is -0.625. The Morgan fingerprint density at radius 1 is 1.12 bits per heavy atom. The summed E-state index contributed by atoms with van der Waals surface area (Å²) >= 11 is 0. The lowest BCUT2D eigenvalue weighted by Crippen LogP contribution is -2.36. The first-order valence-corrected chi connectivity index (χ1v) is 11.4. The topological polar surface area (TPSA) is 79.7 Å². The fourth-order valence-electron chi connectivity index (χ4n) is 4.39. The molecule has 0 fully saturated rings. The monoisotopic (exact) mass is 462 g/mol. The Morgan fingerprint density at radius 2 is 1.97 bits per heavy atom. The second-order valence-electron chi connectivity index (χ2n) is 8.27. The Labute approximate surface area is 198 Å². The van der Waals surface area contributed by atoms with Crippen LogP contribution < -0.4 is 4.74 Å². The molecule has 34 heavy (non-hydrogen) atoms. The number of carboxylic acid groups (broad SMARTS) is 1. The molecule has 1 aliphatic heterocycles. The number of aryl methyl sites for hydroxylation is 1. The fraction of sp³-hybridized carbons (Fsp3) is 0.296. The first kappa shape index (κ1) is 23.4. The molecule has 1 N–H and O–H groups in total. The maximum Gasteiger partial charge on any atom is 0.307 e. The highest BCUT2D eigenvalue weighted by atomic mass is 19.1. The lowest BCUT2D eigenvalue weighted by molar-refractivity contribution is -0.136. The Hall–Kier alpha value is -3.74. The van der Waals surface area contributed by atoms with Crippen LogP contribution in [0, 0.1) is 5.82 Å². The van der Waals surface area contributed by atoms with Gasteiger partial charge < -0.3 is 14.7 Å². The summed E-state index contributed by atoms with van der Waals surface area (Å²) in [5.41, 5.74) is 4.29. The van der Waals surface area contributed by atoms with Crippen LogP contribution in [0.4, 0.5) is 4.39 Å². The number of rotatable bonds is 8. The van der Waals surface area contributed by atoms with E-state index >= 15 is 0 Å². The second-order valence-corrected chi connectivity index (χ2v) is 8.27. The maximum atomic E-state index is 14.7. The van der Waals surface area contributed by atoms with Gasteiger partial charge in [0.15, 0.2) is 0 Å². The molecule has 2 aromatic carbocycles. The molecule has 0 aliphatic carbocycles. The second kappa shape index (κ2) is 10.5. The highest BCUT2D eigenvalue weighted by Crippen LogP contribution is 2.38. The van der Waals surface area contributed by atoms with Gasteiger partial charge in [-0.25, -0.2) is 4.39 Å². The number of benzene rings is 2. The molecular weight excluding hydrogens is 435 g/mol. The average Bonchev–Trinajstić information content (AvgIpc) is 2.84. The number of amides is 1. The van der Waals surface area contributed by atoms with Gasteiger partial charge in [-0.15, -0.1) is 0 Å². The van der Waals surface area contributed by atoms with Crippen LogP contribution in [0.3, 0.4) is 0 Å². The average molecular weight is 463 g/mol. The van der Waals surface area contributed by atoms with Gasteiger partial charge >= 0.3 is 5.97 Å². The van der Waals surface area contributed by atoms with Crippen LogP contribution in [0.15, 0.2) is 54.7 Å². The van der Waals surface area contributed by atoms with Crippen molar-refractivity contribution in [2.75, 3.05) is 13.2 Å². The predicted octanol–water partition coefficient (Wildman–Crippen LogP) is 4.43. The highest BCUT2D eigenvalue weighted by molar-refractivity contribution is 5.80. The molecule has 1 aliphatic rings. The first-order valence-electron chi connectivity index (χ1n) is 11.4. The van der Waals surface area contributed by atoms with E-state index in [1.807, 2.05) is 25.1 Å². The molecule has 3 aromatic rings. The normalized spacial score (nSPS) is 12.8. The molecule has 0 saturated carbocycles. The van der Waals surface area contributed by atoms with E-state index in [2.05, 4.69) is 4.98 Å². The van der Waals surface area contributed by atoms with Crippen molar-refractivity contribution < 1.29 is 23.8 Å². The van der Waals surface area contributed by atoms with Crippen molar-refractivity contribution in [3.05, 3.63) is 82.9 Å². The summed E-state index contributed by atoms with van der Waals surface area (Å²) in [4.78, 5) is 30.3. The molecule has 0 unspecified atom stereocenters. The molecule has 1 aromatic heterocycles. The van der Waals surface area contributed by atoms with Gasteiger partial charge in [-0.3, -0.25) is 14.6 Å². The van der Waals surface area contributed by atoms with Crippen LogP contribution in [0.1, 0.15) is 35.7 Å². The number of halogens is 1. The SMILES string of the molecule is CCOc1ccc(CC(=O)O)cc1-c1ccc(F)c2c1CN(C(=O)CCc1ccccn1)CC2. The van der Waals surface area contributed by atoms with E-state index in [0.717, 1.165) is 16.8 Å². The van der Waals surface area contributed by atoms with E-state index < -0.39 is 5.97 Å². The van der Waals surface area contributed by atoms with Gasteiger partial charge in [0.25, 0.3) is 0 Å². The smallest absolute Gasteiger partial charge is 0.307 e. The molecule has 0 saturated heterocycles. The van der Waals surface area contributed by atoms with Crippen molar-refractivity contribution in [3.63, 3.8) is 0 Å². The fourth-order valence-corrected chi connectivity index (χ4v) is 4.39. The number of ether oxygens (including phenoxy) is 1. The minimum absolute atomic E-state index is 0.00354. The van der Waals surface area contributed by atoms with Gasteiger partial charge in [0.05, 0.1) is 13.0 Å². The van der Waals surface area contributed by atoms with Crippen molar-refractivity contribution in [1.29, 1.82) is 0 Å². The van der Waals surface area contributed by atoms with E-state index in [1.54, 1.807) is 35.4 Å². The largest absolute Gasteiger partial charge is 0.493 e. The zero-order valence-corrected chi connectivity index (χ0v) is 19.1. The molecule has 6 nitrogen and oxygen atoms in total. The van der Waals surface area contributed by atoms with Gasteiger partial charge in [-0.1, -0.05) is 18.2 Å². The van der Waals surface area contributed by atoms with Crippen molar-refractivity contribution in [2.24, 2.45) is 0 Å². The molecule has 0 bridgehead atoms. The number of aliphatic carboxylic acids is 1. The maximum absolute atomic E-state index is 14.7. The number of pyridine rings is 1. The first-order chi connectivity index (χ1) is 16.5. The van der Waals surface area contributed by atoms with Crippen LogP contribution in [-0.2, 0) is 35.4 Å². The predicted molar refractivity (Wildman–Crippen MR) is 126 cm³/mol. The van der Waals surface area contributed by atoms with Gasteiger partial charge in [0.2, 0.25) is 5.91 Å². The molecule has 0 radical (unpaired) electrons. The lowest BCUT2D eigenvalue weighted by Gasteiger charge is -2.31. The van der Waals surface area contributed by atoms with E-state index in [4.69, 9.17) is 4.74 Å². The number of carbonyl (C=O) groups is 2. The summed E-state index contributed by atoms with van der Waals surface area (Å²) in [6.45, 7) is 3.05. The molecule has 4 rings (SSSR count). The molecule has 1 amide bonds. The number of aromatic nitrogens is 1. The lowest BCUT2D eigenvalue weighted by atomic mass is 9.89. The van der Waals surface area contributed by atoms with Gasteiger partial charge in [-0.05, 0) is 72.4 Å². The number of carbonyl (C=O) groups excluding carboxylic acids is 1. The van der Waals surface area contributed by atoms with Crippen molar-refractivity contribution >= 4 is 11.9 Å². The Morgan fingerprint density at radius 3 is 2.71 bits per heavy atom. The number of carboxylic acids is 1. The van der Waals surface area contributed by atoms with E-state index in [1.165, 1.54) is 6.07 Å². The molecule has 176 valence electrons. The third-order valence-electron chi connectivity index (χ3n) is 6.02. The van der Waals surface area contributed by atoms with Crippen molar-refractivity contribution in [2.45, 2.75) is 39.2 Å². The Kier molecular flexibility index (Phi) is 7.21. The van der Waals surface area contributed by atoms with Crippen molar-refractivity contribution in [1.82, 2.24) is 9.88 Å². The summed E-state index contributed by atoms with van der Waals surface area (Å²) in [6, 6.07) is 14.0. The minimum atomic E-state index is -0.930. The number of hydrogen-bond acceptors (Lipinski definition) is 4. The van der Waals surface area contributed by atoms with Crippen LogP contribution in [0.25, 0.3) is 11.1 Å². The summed E-state index contributed by atoms with van der Waals surface area (Å²) in [5, 5.41) is 9.23. The highest BCUT2D eigenvalue weighted by Gasteiger charge is 2.26. The third kappa shape index (κ3) is 5.25. The Balaban J connectivity index is 1.65. The number of nitrogens with zero attached hydrogens (tertiary/aromatic N) is 2. The summed E-state index contributed by atoms with van der Waals surface area (Å²) in [6.07, 6.45) is 2.88. The summed E-state index contributed by atoms with van der Waals surface area (Å²) < 4.78 is 20.5. The molecular formula is C27H27FN2O4. The third-order valence-corrected chi connectivity index (χ3v) is 6.02. The number of hydrogen-bond donors (Lipinski definition) is 1. The quantitative estimate of drug-likeness (QED) is 0.536. The molecule has 0 spiro atoms. The van der Waals surface area contributed by atoms with Gasteiger partial charge in [-0.2, -0.15) is 0 Å². The van der Waals surface area contributed by atoms with Crippen LogP contribution in [0.5, 0.6) is 5.75 Å². The van der Waals surface area contributed by atoms with Crippen LogP contribution in [-0.4, -0.2) is 40.0 Å². The van der Waals surface area contributed by atoms with Gasteiger partial charge in [0.1, 0.15) is 11.6 Å². The van der Waals surface area contributed by atoms with E-state index in [9.17, 15) is 19.1 Å². The number of fused-ring (bicyclic) bond motifs is 1. The van der Waals surface area contributed by atoms with E-state index in [-0.39, 0.29) is 24.7 Å². The van der Waals surface area contributed by atoms with Crippen LogP contribution >= 0.6 is 0 Å². The van der Waals surface area contributed by atoms with Crippen LogP contribution in [0.2, 0.25) is 0 Å². The molecule has 0 atom stereocenters. The zero-order chi connectivity index (χ0) is 24.1. The Bertz CT molecular complexity index is 1200. The van der Waals surface area contributed by atoms with Gasteiger partial charge in [0, 0.05) is 37.0 Å².